The summed E-state index contributed by atoms with van der Waals surface area (Å²) in [5.41, 5.74) is 3.53. The van der Waals surface area contributed by atoms with Crippen LogP contribution in [0.3, 0.4) is 0 Å². The molecular weight excluding hydrogens is 230 g/mol. The topological polar surface area (TPSA) is 50.7 Å². The second-order valence-corrected chi connectivity index (χ2v) is 4.40. The average molecular weight is 253 g/mol. The first kappa shape index (κ1) is 15.0. The van der Waals surface area contributed by atoms with E-state index in [0.29, 0.717) is 26.4 Å². The van der Waals surface area contributed by atoms with Crippen LogP contribution >= 0.6 is 0 Å². The van der Waals surface area contributed by atoms with E-state index in [1.807, 2.05) is 6.07 Å². The average Bonchev–Trinajstić information content (AvgIpc) is 2.36. The highest BCUT2D eigenvalue weighted by atomic mass is 16.5. The van der Waals surface area contributed by atoms with Crippen molar-refractivity contribution in [1.29, 1.82) is 0 Å². The maximum Gasteiger partial charge on any atom is 0.0945 e. The van der Waals surface area contributed by atoms with E-state index in [1.54, 1.807) is 7.11 Å². The molecule has 1 rings (SSSR count). The van der Waals surface area contributed by atoms with Crippen molar-refractivity contribution < 1.29 is 14.6 Å². The summed E-state index contributed by atoms with van der Waals surface area (Å²) >= 11 is 0. The number of ether oxygens (including phenoxy) is 2. The summed E-state index contributed by atoms with van der Waals surface area (Å²) in [7, 11) is 1.63. The molecule has 0 radical (unpaired) electrons. The van der Waals surface area contributed by atoms with Crippen LogP contribution < -0.4 is 5.32 Å². The smallest absolute Gasteiger partial charge is 0.0945 e. The van der Waals surface area contributed by atoms with Crippen LogP contribution in [-0.4, -0.2) is 44.7 Å². The van der Waals surface area contributed by atoms with Crippen molar-refractivity contribution >= 4 is 5.69 Å². The van der Waals surface area contributed by atoms with Gasteiger partial charge >= 0.3 is 0 Å². The molecular formula is C14H23NO3. The van der Waals surface area contributed by atoms with Crippen LogP contribution in [0.15, 0.2) is 18.2 Å². The fourth-order valence-electron chi connectivity index (χ4n) is 1.51. The number of hydrogen-bond acceptors (Lipinski definition) is 4. The highest BCUT2D eigenvalue weighted by Crippen LogP contribution is 2.13. The van der Waals surface area contributed by atoms with Gasteiger partial charge in [-0.1, -0.05) is 6.07 Å². The minimum absolute atomic E-state index is 0.321. The lowest BCUT2D eigenvalue weighted by Gasteiger charge is -2.14. The molecule has 1 aromatic rings. The van der Waals surface area contributed by atoms with Gasteiger partial charge in [-0.2, -0.15) is 0 Å². The Bertz CT molecular complexity index is 355. The van der Waals surface area contributed by atoms with E-state index in [0.717, 1.165) is 5.69 Å². The van der Waals surface area contributed by atoms with Crippen molar-refractivity contribution in [2.24, 2.45) is 0 Å². The number of aryl methyl sites for hydroxylation is 2. The maximum absolute atomic E-state index is 9.71. The molecule has 0 spiro atoms. The molecule has 4 nitrogen and oxygen atoms in total. The van der Waals surface area contributed by atoms with E-state index in [4.69, 9.17) is 9.47 Å². The Morgan fingerprint density at radius 1 is 1.22 bits per heavy atom. The molecule has 0 aromatic heterocycles. The molecule has 4 heteroatoms. The van der Waals surface area contributed by atoms with Gasteiger partial charge in [-0.15, -0.1) is 0 Å². The van der Waals surface area contributed by atoms with Gasteiger partial charge in [-0.25, -0.2) is 0 Å². The summed E-state index contributed by atoms with van der Waals surface area (Å²) in [6, 6.07) is 6.16. The third-order valence-electron chi connectivity index (χ3n) is 2.79. The van der Waals surface area contributed by atoms with Crippen LogP contribution in [0.25, 0.3) is 0 Å². The summed E-state index contributed by atoms with van der Waals surface area (Å²) in [6.45, 7) is 6.02. The summed E-state index contributed by atoms with van der Waals surface area (Å²) in [6.07, 6.45) is -0.511. The molecule has 1 atom stereocenters. The Labute approximate surface area is 109 Å². The normalized spacial score (nSPS) is 12.4. The molecule has 0 aliphatic carbocycles. The second-order valence-electron chi connectivity index (χ2n) is 4.40. The van der Waals surface area contributed by atoms with Gasteiger partial charge in [-0.05, 0) is 37.1 Å². The molecule has 0 saturated carbocycles. The Balaban J connectivity index is 2.24. The fraction of sp³-hybridized carbons (Fsp3) is 0.571. The standard InChI is InChI=1S/C14H23NO3/c1-11-4-5-13(8-12(11)2)15-9-14(16)10-18-7-6-17-3/h4-5,8,14-16H,6-7,9-10H2,1-3H3. The van der Waals surface area contributed by atoms with Gasteiger partial charge in [0.1, 0.15) is 0 Å². The molecule has 2 N–H and O–H groups in total. The van der Waals surface area contributed by atoms with E-state index in [1.165, 1.54) is 11.1 Å². The lowest BCUT2D eigenvalue weighted by molar-refractivity contribution is 0.0182. The van der Waals surface area contributed by atoms with Crippen LogP contribution in [0.2, 0.25) is 0 Å². The first-order valence-electron chi connectivity index (χ1n) is 6.19. The summed E-state index contributed by atoms with van der Waals surface area (Å²) < 4.78 is 10.1. The largest absolute Gasteiger partial charge is 0.389 e. The molecule has 1 unspecified atom stereocenters. The Kier molecular flexibility index (Phi) is 6.72. The highest BCUT2D eigenvalue weighted by Gasteiger charge is 2.04. The number of aliphatic hydroxyl groups is 1. The Morgan fingerprint density at radius 3 is 2.67 bits per heavy atom. The van der Waals surface area contributed by atoms with E-state index in [-0.39, 0.29) is 0 Å². The molecule has 18 heavy (non-hydrogen) atoms. The van der Waals surface area contributed by atoms with Crippen molar-refractivity contribution in [3.8, 4) is 0 Å². The molecule has 102 valence electrons. The van der Waals surface area contributed by atoms with E-state index < -0.39 is 6.10 Å². The predicted octanol–water partition coefficient (Wildman–Crippen LogP) is 1.74. The molecule has 0 amide bonds. The van der Waals surface area contributed by atoms with Crippen molar-refractivity contribution in [1.82, 2.24) is 0 Å². The summed E-state index contributed by atoms with van der Waals surface area (Å²) in [4.78, 5) is 0. The minimum atomic E-state index is -0.511. The molecule has 0 fully saturated rings. The number of aliphatic hydroxyl groups excluding tert-OH is 1. The monoisotopic (exact) mass is 253 g/mol. The van der Waals surface area contributed by atoms with Crippen LogP contribution in [0.4, 0.5) is 5.69 Å². The highest BCUT2D eigenvalue weighted by molar-refractivity contribution is 5.48. The van der Waals surface area contributed by atoms with E-state index in [9.17, 15) is 5.11 Å². The zero-order valence-electron chi connectivity index (χ0n) is 11.4. The fourth-order valence-corrected chi connectivity index (χ4v) is 1.51. The van der Waals surface area contributed by atoms with Crippen molar-refractivity contribution in [3.05, 3.63) is 29.3 Å². The zero-order chi connectivity index (χ0) is 13.4. The second kappa shape index (κ2) is 8.08. The lowest BCUT2D eigenvalue weighted by Crippen LogP contribution is -2.25. The van der Waals surface area contributed by atoms with Gasteiger partial charge in [-0.3, -0.25) is 0 Å². The number of rotatable bonds is 8. The lowest BCUT2D eigenvalue weighted by atomic mass is 10.1. The minimum Gasteiger partial charge on any atom is -0.389 e. The third kappa shape index (κ3) is 5.49. The van der Waals surface area contributed by atoms with Gasteiger partial charge < -0.3 is 19.9 Å². The quantitative estimate of drug-likeness (QED) is 0.693. The van der Waals surface area contributed by atoms with Crippen LogP contribution in [0.1, 0.15) is 11.1 Å². The maximum atomic E-state index is 9.71. The number of benzene rings is 1. The molecule has 1 aromatic carbocycles. The van der Waals surface area contributed by atoms with Gasteiger partial charge in [0.2, 0.25) is 0 Å². The van der Waals surface area contributed by atoms with Gasteiger partial charge in [0.05, 0.1) is 25.9 Å². The number of hydrogen-bond donors (Lipinski definition) is 2. The van der Waals surface area contributed by atoms with Crippen LogP contribution in [0, 0.1) is 13.8 Å². The first-order valence-corrected chi connectivity index (χ1v) is 6.19. The third-order valence-corrected chi connectivity index (χ3v) is 2.79. The van der Waals surface area contributed by atoms with Crippen molar-refractivity contribution in [2.75, 3.05) is 38.8 Å². The number of methoxy groups -OCH3 is 1. The van der Waals surface area contributed by atoms with Gasteiger partial charge in [0, 0.05) is 19.3 Å². The Hall–Kier alpha value is -1.10. The van der Waals surface area contributed by atoms with E-state index >= 15 is 0 Å². The SMILES string of the molecule is COCCOCC(O)CNc1ccc(C)c(C)c1. The zero-order valence-corrected chi connectivity index (χ0v) is 11.4. The van der Waals surface area contributed by atoms with Crippen LogP contribution in [0.5, 0.6) is 0 Å². The molecule has 0 aliphatic heterocycles. The molecule has 0 bridgehead atoms. The van der Waals surface area contributed by atoms with Crippen LogP contribution in [-0.2, 0) is 9.47 Å². The molecule has 0 heterocycles. The Morgan fingerprint density at radius 2 is 2.00 bits per heavy atom. The van der Waals surface area contributed by atoms with Crippen molar-refractivity contribution in [2.45, 2.75) is 20.0 Å². The summed E-state index contributed by atoms with van der Waals surface area (Å²) in [5.74, 6) is 0. The van der Waals surface area contributed by atoms with E-state index in [2.05, 4.69) is 31.3 Å². The molecule has 0 aliphatic rings. The summed E-state index contributed by atoms with van der Waals surface area (Å²) in [5, 5.41) is 12.9. The predicted molar refractivity (Wildman–Crippen MR) is 73.1 cm³/mol. The van der Waals surface area contributed by atoms with Gasteiger partial charge in [0.15, 0.2) is 0 Å². The van der Waals surface area contributed by atoms with Crippen molar-refractivity contribution in [3.63, 3.8) is 0 Å². The number of nitrogens with one attached hydrogen (secondary N) is 1. The number of anilines is 1. The molecule has 0 saturated heterocycles. The van der Waals surface area contributed by atoms with Gasteiger partial charge in [0.25, 0.3) is 0 Å². The first-order chi connectivity index (χ1) is 8.63.